The molecule has 1 heterocycles. The van der Waals surface area contributed by atoms with Crippen LogP contribution in [0, 0.1) is 0 Å². The average Bonchev–Trinajstić information content (AvgIpc) is 3.31. The Morgan fingerprint density at radius 1 is 1.09 bits per heavy atom. The first-order chi connectivity index (χ1) is 15.3. The summed E-state index contributed by atoms with van der Waals surface area (Å²) in [6.07, 6.45) is 2.30. The molecule has 3 rings (SSSR count). The monoisotopic (exact) mass is 453 g/mol. The van der Waals surface area contributed by atoms with Gasteiger partial charge in [0.05, 0.1) is 16.8 Å². The maximum absolute atomic E-state index is 13.1. The Morgan fingerprint density at radius 3 is 2.47 bits per heavy atom. The van der Waals surface area contributed by atoms with Crippen molar-refractivity contribution in [2.75, 3.05) is 24.3 Å². The normalized spacial score (nSPS) is 11.7. The minimum atomic E-state index is -0.287. The van der Waals surface area contributed by atoms with Gasteiger partial charge in [0.25, 0.3) is 11.8 Å². The van der Waals surface area contributed by atoms with Gasteiger partial charge in [-0.2, -0.15) is 0 Å². The van der Waals surface area contributed by atoms with Crippen LogP contribution in [0.3, 0.4) is 0 Å². The van der Waals surface area contributed by atoms with Crippen molar-refractivity contribution in [3.63, 3.8) is 0 Å². The Balaban J connectivity index is 1.92. The van der Waals surface area contributed by atoms with Gasteiger partial charge in [0.15, 0.2) is 5.76 Å². The molecule has 0 saturated heterocycles. The molecule has 1 atom stereocenters. The topological polar surface area (TPSA) is 65.8 Å². The molecule has 0 aliphatic heterocycles. The molecule has 0 saturated carbocycles. The van der Waals surface area contributed by atoms with Gasteiger partial charge >= 0.3 is 0 Å². The quantitative estimate of drug-likeness (QED) is 0.475. The lowest BCUT2D eigenvalue weighted by atomic mass is 10.1. The Hall–Kier alpha value is -3.25. The number of benzene rings is 2. The van der Waals surface area contributed by atoms with Crippen LogP contribution in [0.1, 0.15) is 46.7 Å². The fourth-order valence-electron chi connectivity index (χ4n) is 3.44. The van der Waals surface area contributed by atoms with Crippen LogP contribution in [0.25, 0.3) is 0 Å². The molecule has 7 heteroatoms. The van der Waals surface area contributed by atoms with Crippen molar-refractivity contribution in [1.82, 2.24) is 4.90 Å². The number of hydrogen-bond acceptors (Lipinski definition) is 4. The van der Waals surface area contributed by atoms with E-state index in [1.165, 1.54) is 6.26 Å². The molecule has 0 bridgehead atoms. The minimum absolute atomic E-state index is 0.00369. The number of amides is 2. The lowest BCUT2D eigenvalue weighted by Gasteiger charge is -2.30. The van der Waals surface area contributed by atoms with Crippen LogP contribution in [0.4, 0.5) is 11.4 Å². The summed E-state index contributed by atoms with van der Waals surface area (Å²) in [5.41, 5.74) is 2.90. The van der Waals surface area contributed by atoms with E-state index in [2.05, 4.69) is 5.32 Å². The maximum Gasteiger partial charge on any atom is 0.290 e. The summed E-state index contributed by atoms with van der Waals surface area (Å²) in [6, 6.07) is 16.0. The zero-order valence-electron chi connectivity index (χ0n) is 18.8. The smallest absolute Gasteiger partial charge is 0.290 e. The summed E-state index contributed by atoms with van der Waals surface area (Å²) in [5, 5.41) is 3.31. The van der Waals surface area contributed by atoms with E-state index in [0.717, 1.165) is 17.7 Å². The first-order valence-corrected chi connectivity index (χ1v) is 10.9. The standard InChI is InChI=1S/C25H28ClN3O3/c1-5-17(2)29(25(31)23-11-8-14-32-23)16-18-15-19(12-13-22(18)28(3)4)27-24(30)20-9-6-7-10-21(20)26/h6-15,17H,5,16H2,1-4H3,(H,27,30)/t17-/m0/s1. The number of hydrogen-bond donors (Lipinski definition) is 1. The molecule has 168 valence electrons. The molecule has 1 N–H and O–H groups in total. The van der Waals surface area contributed by atoms with Crippen molar-refractivity contribution in [1.29, 1.82) is 0 Å². The number of halogens is 1. The van der Waals surface area contributed by atoms with Gasteiger partial charge in [-0.25, -0.2) is 0 Å². The number of nitrogens with zero attached hydrogens (tertiary/aromatic N) is 2. The Kier molecular flexibility index (Phi) is 7.59. The summed E-state index contributed by atoms with van der Waals surface area (Å²) in [4.78, 5) is 29.6. The Morgan fingerprint density at radius 2 is 1.84 bits per heavy atom. The van der Waals surface area contributed by atoms with Gasteiger partial charge < -0.3 is 19.5 Å². The molecule has 2 amide bonds. The lowest BCUT2D eigenvalue weighted by Crippen LogP contribution is -2.38. The van der Waals surface area contributed by atoms with Gasteiger partial charge in [0.2, 0.25) is 0 Å². The van der Waals surface area contributed by atoms with Crippen LogP contribution in [-0.4, -0.2) is 36.9 Å². The van der Waals surface area contributed by atoms with Gasteiger partial charge in [0, 0.05) is 38.1 Å². The summed E-state index contributed by atoms with van der Waals surface area (Å²) in [5.74, 6) is -0.149. The highest BCUT2D eigenvalue weighted by Gasteiger charge is 2.24. The highest BCUT2D eigenvalue weighted by Crippen LogP contribution is 2.27. The number of nitrogens with one attached hydrogen (secondary N) is 1. The van der Waals surface area contributed by atoms with Gasteiger partial charge in [-0.1, -0.05) is 30.7 Å². The van der Waals surface area contributed by atoms with E-state index >= 15 is 0 Å². The SMILES string of the molecule is CC[C@H](C)N(Cc1cc(NC(=O)c2ccccc2Cl)ccc1N(C)C)C(=O)c1ccco1. The lowest BCUT2D eigenvalue weighted by molar-refractivity contribution is 0.0639. The van der Waals surface area contributed by atoms with Crippen molar-refractivity contribution < 1.29 is 14.0 Å². The van der Waals surface area contributed by atoms with Crippen LogP contribution in [-0.2, 0) is 6.54 Å². The molecule has 0 spiro atoms. The number of rotatable bonds is 8. The van der Waals surface area contributed by atoms with Gasteiger partial charge in [0.1, 0.15) is 0 Å². The zero-order chi connectivity index (χ0) is 23.3. The Bertz CT molecular complexity index is 1080. The highest BCUT2D eigenvalue weighted by atomic mass is 35.5. The summed E-state index contributed by atoms with van der Waals surface area (Å²) >= 11 is 6.17. The predicted octanol–water partition coefficient (Wildman–Crippen LogP) is 5.69. The van der Waals surface area contributed by atoms with Crippen LogP contribution in [0.2, 0.25) is 5.02 Å². The molecular weight excluding hydrogens is 426 g/mol. The molecule has 0 aliphatic carbocycles. The first-order valence-electron chi connectivity index (χ1n) is 10.5. The molecule has 32 heavy (non-hydrogen) atoms. The Labute approximate surface area is 193 Å². The second-order valence-corrected chi connectivity index (χ2v) is 8.25. The minimum Gasteiger partial charge on any atom is -0.459 e. The number of carbonyl (C=O) groups excluding carboxylic acids is 2. The fourth-order valence-corrected chi connectivity index (χ4v) is 3.67. The van der Waals surface area contributed by atoms with Gasteiger partial charge in [-0.15, -0.1) is 0 Å². The van der Waals surface area contributed by atoms with E-state index in [-0.39, 0.29) is 17.9 Å². The molecule has 0 aliphatic rings. The largest absolute Gasteiger partial charge is 0.459 e. The summed E-state index contributed by atoms with van der Waals surface area (Å²) < 4.78 is 5.35. The third-order valence-electron chi connectivity index (χ3n) is 5.39. The van der Waals surface area contributed by atoms with Gasteiger partial charge in [-0.05, 0) is 61.4 Å². The van der Waals surface area contributed by atoms with Crippen LogP contribution < -0.4 is 10.2 Å². The third kappa shape index (κ3) is 5.32. The van der Waals surface area contributed by atoms with Crippen molar-refractivity contribution in [3.8, 4) is 0 Å². The van der Waals surface area contributed by atoms with Crippen LogP contribution in [0.15, 0.2) is 65.3 Å². The summed E-state index contributed by atoms with van der Waals surface area (Å²) in [6.45, 7) is 4.43. The van der Waals surface area contributed by atoms with Gasteiger partial charge in [-0.3, -0.25) is 9.59 Å². The molecule has 1 aromatic heterocycles. The van der Waals surface area contributed by atoms with E-state index in [1.54, 1.807) is 41.3 Å². The zero-order valence-corrected chi connectivity index (χ0v) is 19.5. The number of carbonyl (C=O) groups is 2. The maximum atomic E-state index is 13.1. The number of furan rings is 1. The fraction of sp³-hybridized carbons (Fsp3) is 0.280. The van der Waals surface area contributed by atoms with E-state index in [0.29, 0.717) is 28.6 Å². The molecule has 3 aromatic rings. The van der Waals surface area contributed by atoms with Crippen molar-refractivity contribution >= 4 is 34.8 Å². The van der Waals surface area contributed by atoms with Crippen molar-refractivity contribution in [2.45, 2.75) is 32.9 Å². The molecule has 2 aromatic carbocycles. The number of anilines is 2. The summed E-state index contributed by atoms with van der Waals surface area (Å²) in [7, 11) is 3.89. The first kappa shape index (κ1) is 23.4. The van der Waals surface area contributed by atoms with Crippen molar-refractivity contribution in [3.05, 3.63) is 82.8 Å². The molecule has 0 fully saturated rings. The molecular formula is C25H28ClN3O3. The van der Waals surface area contributed by atoms with E-state index in [1.807, 2.05) is 51.0 Å². The molecule has 6 nitrogen and oxygen atoms in total. The second-order valence-electron chi connectivity index (χ2n) is 7.84. The van der Waals surface area contributed by atoms with Crippen LogP contribution in [0.5, 0.6) is 0 Å². The van der Waals surface area contributed by atoms with E-state index in [4.69, 9.17) is 16.0 Å². The van der Waals surface area contributed by atoms with Crippen molar-refractivity contribution in [2.24, 2.45) is 0 Å². The van der Waals surface area contributed by atoms with Crippen LogP contribution >= 0.6 is 11.6 Å². The third-order valence-corrected chi connectivity index (χ3v) is 5.72. The predicted molar refractivity (Wildman–Crippen MR) is 129 cm³/mol. The second kappa shape index (κ2) is 10.4. The van der Waals surface area contributed by atoms with E-state index in [9.17, 15) is 9.59 Å². The molecule has 0 unspecified atom stereocenters. The average molecular weight is 454 g/mol. The highest BCUT2D eigenvalue weighted by molar-refractivity contribution is 6.34. The van der Waals surface area contributed by atoms with E-state index < -0.39 is 0 Å². The molecule has 0 radical (unpaired) electrons.